The van der Waals surface area contributed by atoms with E-state index in [0.717, 1.165) is 24.8 Å². The standard InChI is InChI=1S/C25H36N2O6/c1-3-32-24(31)20(12-11-19-9-5-4-6-10-19)26-18(2)22(28)27-15-14-25(13-7-8-16-33-25)17-21(27)23(29)30/h4-6,9-10,18,20-21,26H,3,7-8,11-17H2,1-2H3,(H,29,30)/t18?,20-,21-,25?/m0/s1. The van der Waals surface area contributed by atoms with Crippen LogP contribution in [0.5, 0.6) is 0 Å². The summed E-state index contributed by atoms with van der Waals surface area (Å²) in [4.78, 5) is 39.3. The molecule has 0 bridgehead atoms. The molecule has 4 atom stereocenters. The Bertz CT molecular complexity index is 808. The number of hydrogen-bond acceptors (Lipinski definition) is 6. The first-order chi connectivity index (χ1) is 15.8. The molecule has 2 aliphatic rings. The number of carboxylic acids is 1. The molecule has 182 valence electrons. The maximum absolute atomic E-state index is 13.3. The number of piperidine rings is 1. The van der Waals surface area contributed by atoms with Crippen molar-refractivity contribution < 1.29 is 29.0 Å². The van der Waals surface area contributed by atoms with Gasteiger partial charge >= 0.3 is 11.9 Å². The van der Waals surface area contributed by atoms with Crippen molar-refractivity contribution in [3.63, 3.8) is 0 Å². The molecule has 8 nitrogen and oxygen atoms in total. The van der Waals surface area contributed by atoms with E-state index < -0.39 is 35.7 Å². The highest BCUT2D eigenvalue weighted by molar-refractivity contribution is 5.88. The lowest BCUT2D eigenvalue weighted by Gasteiger charge is -2.47. The van der Waals surface area contributed by atoms with Crippen LogP contribution in [0.4, 0.5) is 0 Å². The van der Waals surface area contributed by atoms with E-state index >= 15 is 0 Å². The zero-order valence-electron chi connectivity index (χ0n) is 19.6. The lowest BCUT2D eigenvalue weighted by atomic mass is 9.80. The zero-order chi connectivity index (χ0) is 23.8. The molecule has 1 spiro atoms. The summed E-state index contributed by atoms with van der Waals surface area (Å²) in [6.45, 7) is 4.64. The smallest absolute Gasteiger partial charge is 0.326 e. The number of rotatable bonds is 9. The summed E-state index contributed by atoms with van der Waals surface area (Å²) in [5.74, 6) is -1.74. The third-order valence-electron chi connectivity index (χ3n) is 6.71. The number of carbonyl (C=O) groups is 3. The maximum atomic E-state index is 13.3. The van der Waals surface area contributed by atoms with E-state index in [2.05, 4.69) is 5.32 Å². The lowest BCUT2D eigenvalue weighted by molar-refractivity contribution is -0.168. The Morgan fingerprint density at radius 2 is 2.00 bits per heavy atom. The Morgan fingerprint density at radius 1 is 1.24 bits per heavy atom. The van der Waals surface area contributed by atoms with Crippen LogP contribution in [0.15, 0.2) is 30.3 Å². The largest absolute Gasteiger partial charge is 0.480 e. The van der Waals surface area contributed by atoms with Crippen LogP contribution in [0.2, 0.25) is 0 Å². The summed E-state index contributed by atoms with van der Waals surface area (Å²) in [5, 5.41) is 13.0. The Hall–Kier alpha value is -2.45. The zero-order valence-corrected chi connectivity index (χ0v) is 19.6. The molecule has 3 rings (SSSR count). The average molecular weight is 461 g/mol. The summed E-state index contributed by atoms with van der Waals surface area (Å²) in [6, 6.07) is 7.49. The van der Waals surface area contributed by atoms with Crippen LogP contribution in [0.3, 0.4) is 0 Å². The molecule has 1 amide bonds. The summed E-state index contributed by atoms with van der Waals surface area (Å²) >= 11 is 0. The van der Waals surface area contributed by atoms with Gasteiger partial charge in [-0.25, -0.2) is 4.79 Å². The molecule has 2 aliphatic heterocycles. The Labute approximate surface area is 195 Å². The van der Waals surface area contributed by atoms with Gasteiger partial charge in [-0.1, -0.05) is 30.3 Å². The third-order valence-corrected chi connectivity index (χ3v) is 6.71. The van der Waals surface area contributed by atoms with Gasteiger partial charge in [0, 0.05) is 19.6 Å². The van der Waals surface area contributed by atoms with Gasteiger partial charge in [0.15, 0.2) is 0 Å². The van der Waals surface area contributed by atoms with E-state index in [1.54, 1.807) is 13.8 Å². The van der Waals surface area contributed by atoms with Gasteiger partial charge in [0.2, 0.25) is 5.91 Å². The van der Waals surface area contributed by atoms with Gasteiger partial charge in [0.05, 0.1) is 18.2 Å². The molecular weight excluding hydrogens is 424 g/mol. The fraction of sp³-hybridized carbons (Fsp3) is 0.640. The molecule has 2 fully saturated rings. The van der Waals surface area contributed by atoms with Crippen LogP contribution in [0.25, 0.3) is 0 Å². The van der Waals surface area contributed by atoms with Crippen LogP contribution in [-0.2, 0) is 30.3 Å². The average Bonchev–Trinajstić information content (AvgIpc) is 2.82. The molecule has 0 saturated carbocycles. The number of aryl methyl sites for hydroxylation is 1. The van der Waals surface area contributed by atoms with E-state index in [1.807, 2.05) is 30.3 Å². The minimum absolute atomic E-state index is 0.250. The maximum Gasteiger partial charge on any atom is 0.326 e. The molecule has 1 aromatic rings. The highest BCUT2D eigenvalue weighted by Crippen LogP contribution is 2.37. The van der Waals surface area contributed by atoms with Crippen molar-refractivity contribution in [2.75, 3.05) is 19.8 Å². The molecule has 2 saturated heterocycles. The van der Waals surface area contributed by atoms with Crippen molar-refractivity contribution in [3.05, 3.63) is 35.9 Å². The number of hydrogen-bond donors (Lipinski definition) is 2. The number of amides is 1. The first kappa shape index (κ1) is 25.2. The molecule has 1 aromatic carbocycles. The number of nitrogens with zero attached hydrogens (tertiary/aromatic N) is 1. The number of nitrogens with one attached hydrogen (secondary N) is 1. The quantitative estimate of drug-likeness (QED) is 0.546. The molecule has 0 aliphatic carbocycles. The van der Waals surface area contributed by atoms with Crippen LogP contribution in [0, 0.1) is 0 Å². The molecule has 33 heavy (non-hydrogen) atoms. The van der Waals surface area contributed by atoms with Crippen molar-refractivity contribution in [3.8, 4) is 0 Å². The Kier molecular flexibility index (Phi) is 8.86. The summed E-state index contributed by atoms with van der Waals surface area (Å²) in [7, 11) is 0. The molecule has 0 aromatic heterocycles. The van der Waals surface area contributed by atoms with Gasteiger partial charge in [-0.05, 0) is 57.9 Å². The van der Waals surface area contributed by atoms with Crippen molar-refractivity contribution in [2.45, 2.75) is 82.5 Å². The predicted molar refractivity (Wildman–Crippen MR) is 123 cm³/mol. The predicted octanol–water partition coefficient (Wildman–Crippen LogP) is 2.54. The fourth-order valence-electron chi connectivity index (χ4n) is 4.89. The number of carbonyl (C=O) groups excluding carboxylic acids is 2. The molecule has 2 N–H and O–H groups in total. The number of benzene rings is 1. The van der Waals surface area contributed by atoms with Gasteiger partial charge in [0.25, 0.3) is 0 Å². The Morgan fingerprint density at radius 3 is 2.64 bits per heavy atom. The number of esters is 1. The number of aliphatic carboxylic acids is 1. The third kappa shape index (κ3) is 6.54. The molecular formula is C25H36N2O6. The monoisotopic (exact) mass is 460 g/mol. The van der Waals surface area contributed by atoms with E-state index in [1.165, 1.54) is 4.90 Å². The highest BCUT2D eigenvalue weighted by Gasteiger charge is 2.46. The van der Waals surface area contributed by atoms with Gasteiger partial charge < -0.3 is 19.5 Å². The van der Waals surface area contributed by atoms with Gasteiger partial charge in [-0.2, -0.15) is 0 Å². The fourth-order valence-corrected chi connectivity index (χ4v) is 4.89. The van der Waals surface area contributed by atoms with E-state index in [9.17, 15) is 19.5 Å². The molecule has 2 heterocycles. The van der Waals surface area contributed by atoms with Crippen LogP contribution in [-0.4, -0.2) is 71.3 Å². The first-order valence-corrected chi connectivity index (χ1v) is 12.0. The van der Waals surface area contributed by atoms with Gasteiger partial charge in [0.1, 0.15) is 12.1 Å². The topological polar surface area (TPSA) is 105 Å². The summed E-state index contributed by atoms with van der Waals surface area (Å²) in [6.07, 6.45) is 4.89. The number of ether oxygens (including phenoxy) is 2. The van der Waals surface area contributed by atoms with E-state index in [4.69, 9.17) is 9.47 Å². The van der Waals surface area contributed by atoms with Crippen LogP contribution in [0.1, 0.15) is 57.9 Å². The molecule has 0 radical (unpaired) electrons. The lowest BCUT2D eigenvalue weighted by Crippen LogP contribution is -2.61. The van der Waals surface area contributed by atoms with Crippen molar-refractivity contribution in [1.82, 2.24) is 10.2 Å². The van der Waals surface area contributed by atoms with Gasteiger partial charge in [-0.3, -0.25) is 14.9 Å². The van der Waals surface area contributed by atoms with E-state index in [0.29, 0.717) is 38.8 Å². The van der Waals surface area contributed by atoms with Crippen molar-refractivity contribution >= 4 is 17.8 Å². The van der Waals surface area contributed by atoms with Crippen LogP contribution < -0.4 is 5.32 Å². The summed E-state index contributed by atoms with van der Waals surface area (Å²) in [5.41, 5.74) is 0.644. The van der Waals surface area contributed by atoms with Gasteiger partial charge in [-0.15, -0.1) is 0 Å². The second-order valence-electron chi connectivity index (χ2n) is 9.05. The minimum atomic E-state index is -1.02. The SMILES string of the molecule is CCOC(=O)[C@H](CCc1ccccc1)NC(C)C(=O)N1CCC2(CCCCO2)C[C@H]1C(=O)O. The van der Waals surface area contributed by atoms with Crippen molar-refractivity contribution in [1.29, 1.82) is 0 Å². The highest BCUT2D eigenvalue weighted by atomic mass is 16.5. The number of likely N-dealkylation sites (tertiary alicyclic amines) is 1. The van der Waals surface area contributed by atoms with Crippen LogP contribution >= 0.6 is 0 Å². The van der Waals surface area contributed by atoms with Crippen molar-refractivity contribution in [2.24, 2.45) is 0 Å². The normalized spacial score (nSPS) is 24.8. The summed E-state index contributed by atoms with van der Waals surface area (Å²) < 4.78 is 11.2. The minimum Gasteiger partial charge on any atom is -0.480 e. The number of carboxylic acid groups (broad SMARTS) is 1. The molecule has 8 heteroatoms. The Balaban J connectivity index is 1.66. The molecule has 2 unspecified atom stereocenters. The first-order valence-electron chi connectivity index (χ1n) is 12.0. The van der Waals surface area contributed by atoms with E-state index in [-0.39, 0.29) is 12.5 Å². The second kappa shape index (κ2) is 11.6. The second-order valence-corrected chi connectivity index (χ2v) is 9.05.